The van der Waals surface area contributed by atoms with Crippen LogP contribution in [0.3, 0.4) is 0 Å². The van der Waals surface area contributed by atoms with Crippen molar-refractivity contribution < 1.29 is 0 Å². The van der Waals surface area contributed by atoms with Crippen molar-refractivity contribution in [1.29, 1.82) is 0 Å². The quantitative estimate of drug-likeness (QED) is 0.159. The monoisotopic (exact) mass is 688 g/mol. The lowest BCUT2D eigenvalue weighted by Crippen LogP contribution is -1.98. The highest BCUT2D eigenvalue weighted by Crippen LogP contribution is 2.44. The van der Waals surface area contributed by atoms with Crippen LogP contribution < -0.4 is 0 Å². The number of hydrogen-bond donors (Lipinski definition) is 0. The molecule has 0 aliphatic heterocycles. The number of aromatic nitrogens is 2. The average molecular weight is 689 g/mol. The van der Waals surface area contributed by atoms with Crippen LogP contribution in [0.5, 0.6) is 0 Å². The van der Waals surface area contributed by atoms with Crippen molar-refractivity contribution in [2.24, 2.45) is 0 Å². The molecule has 0 atom stereocenters. The zero-order chi connectivity index (χ0) is 36.1. The predicted octanol–water partition coefficient (Wildman–Crippen LogP) is 13.8. The van der Waals surface area contributed by atoms with Gasteiger partial charge in [-0.05, 0) is 80.9 Å². The van der Waals surface area contributed by atoms with Crippen molar-refractivity contribution in [2.45, 2.75) is 0 Å². The second kappa shape index (κ2) is 14.8. The molecule has 54 heavy (non-hydrogen) atoms. The maximum Gasteiger partial charge on any atom is 0.0722 e. The fourth-order valence-corrected chi connectivity index (χ4v) is 7.18. The van der Waals surface area contributed by atoms with Crippen molar-refractivity contribution in [2.75, 3.05) is 0 Å². The highest BCUT2D eigenvalue weighted by Gasteiger charge is 2.20. The molecule has 0 unspecified atom stereocenters. The molecule has 2 heterocycles. The van der Waals surface area contributed by atoms with E-state index in [0.29, 0.717) is 0 Å². The van der Waals surface area contributed by atoms with Crippen molar-refractivity contribution in [3.8, 4) is 89.5 Å². The summed E-state index contributed by atoms with van der Waals surface area (Å²) in [7, 11) is 0. The second-order valence-electron chi connectivity index (χ2n) is 13.4. The molecular formula is C52H36N2. The Labute approximate surface area is 316 Å². The lowest BCUT2D eigenvalue weighted by atomic mass is 9.87. The van der Waals surface area contributed by atoms with Crippen LogP contribution in [-0.2, 0) is 0 Å². The Morgan fingerprint density at radius 3 is 0.759 bits per heavy atom. The van der Waals surface area contributed by atoms with Gasteiger partial charge in [0.05, 0.1) is 22.8 Å². The molecule has 2 heteroatoms. The molecule has 0 radical (unpaired) electrons. The molecule has 0 aliphatic carbocycles. The van der Waals surface area contributed by atoms with Gasteiger partial charge in [0.15, 0.2) is 0 Å². The van der Waals surface area contributed by atoms with Gasteiger partial charge in [-0.2, -0.15) is 0 Å². The van der Waals surface area contributed by atoms with Gasteiger partial charge in [0, 0.05) is 22.3 Å². The summed E-state index contributed by atoms with van der Waals surface area (Å²) in [5.41, 5.74) is 16.9. The van der Waals surface area contributed by atoms with Gasteiger partial charge < -0.3 is 0 Å². The molecule has 0 spiro atoms. The number of hydrogen-bond acceptors (Lipinski definition) is 2. The van der Waals surface area contributed by atoms with E-state index in [2.05, 4.69) is 206 Å². The van der Waals surface area contributed by atoms with Gasteiger partial charge in [-0.3, -0.25) is 0 Å². The minimum Gasteiger partial charge on any atom is -0.248 e. The van der Waals surface area contributed by atoms with Gasteiger partial charge in [-0.25, -0.2) is 9.97 Å². The SMILES string of the molecule is c1ccc(-c2cc(-c3ccccc3)nc(-c3cc(-c4ccccc4)c(-c4cc(-c5ccccc5)cc(-c5ccccc5)n4)cc3-c3ccccc3)c2)cc1. The molecule has 0 fully saturated rings. The first-order chi connectivity index (χ1) is 26.8. The fraction of sp³-hybridized carbons (Fsp3) is 0. The lowest BCUT2D eigenvalue weighted by Gasteiger charge is -2.19. The molecule has 9 aromatic rings. The predicted molar refractivity (Wildman–Crippen MR) is 226 cm³/mol. The summed E-state index contributed by atoms with van der Waals surface area (Å²) in [5, 5.41) is 0. The largest absolute Gasteiger partial charge is 0.248 e. The summed E-state index contributed by atoms with van der Waals surface area (Å²) in [6.07, 6.45) is 0. The van der Waals surface area contributed by atoms with Crippen molar-refractivity contribution in [1.82, 2.24) is 9.97 Å². The molecule has 0 N–H and O–H groups in total. The third-order valence-corrected chi connectivity index (χ3v) is 9.88. The first-order valence-corrected chi connectivity index (χ1v) is 18.3. The summed E-state index contributed by atoms with van der Waals surface area (Å²) < 4.78 is 0. The topological polar surface area (TPSA) is 25.8 Å². The van der Waals surface area contributed by atoms with Crippen LogP contribution in [0.25, 0.3) is 89.5 Å². The van der Waals surface area contributed by atoms with Crippen LogP contribution >= 0.6 is 0 Å². The molecule has 7 aromatic carbocycles. The standard InChI is InChI=1S/C52H36N2/c1-7-19-37(20-8-1)43-31-49(41-27-15-5-16-28-41)53-51(33-43)47-35-46(40-25-13-4-14-26-40)48(36-45(47)39-23-11-3-12-24-39)52-34-44(38-21-9-2-10-22-38)32-50(54-52)42-29-17-6-18-30-42/h1-36H. The van der Waals surface area contributed by atoms with E-state index in [-0.39, 0.29) is 0 Å². The fourth-order valence-electron chi connectivity index (χ4n) is 7.18. The Bertz CT molecular complexity index is 2350. The van der Waals surface area contributed by atoms with Crippen LogP contribution in [-0.4, -0.2) is 9.97 Å². The van der Waals surface area contributed by atoms with Gasteiger partial charge >= 0.3 is 0 Å². The van der Waals surface area contributed by atoms with Crippen molar-refractivity contribution in [3.05, 3.63) is 218 Å². The minimum absolute atomic E-state index is 0.911. The Hall–Kier alpha value is -7.16. The molecule has 0 amide bonds. The van der Waals surface area contributed by atoms with E-state index in [1.54, 1.807) is 0 Å². The average Bonchev–Trinajstić information content (AvgIpc) is 3.27. The maximum absolute atomic E-state index is 5.41. The van der Waals surface area contributed by atoms with Crippen LogP contribution in [0.1, 0.15) is 0 Å². The highest BCUT2D eigenvalue weighted by atomic mass is 14.7. The molecule has 0 saturated heterocycles. The zero-order valence-electron chi connectivity index (χ0n) is 29.7. The Kier molecular flexibility index (Phi) is 8.99. The third kappa shape index (κ3) is 6.77. The summed E-state index contributed by atoms with van der Waals surface area (Å²) >= 11 is 0. The van der Waals surface area contributed by atoms with Crippen molar-refractivity contribution in [3.63, 3.8) is 0 Å². The first-order valence-electron chi connectivity index (χ1n) is 18.3. The van der Waals surface area contributed by atoms with E-state index in [4.69, 9.17) is 9.97 Å². The molecular weight excluding hydrogens is 653 g/mol. The van der Waals surface area contributed by atoms with E-state index in [1.165, 1.54) is 0 Å². The summed E-state index contributed by atoms with van der Waals surface area (Å²) in [6, 6.07) is 76.9. The maximum atomic E-state index is 5.41. The molecule has 2 aromatic heterocycles. The Morgan fingerprint density at radius 1 is 0.185 bits per heavy atom. The normalized spacial score (nSPS) is 11.0. The molecule has 9 rings (SSSR count). The molecule has 0 bridgehead atoms. The Balaban J connectivity index is 1.35. The Morgan fingerprint density at radius 2 is 0.444 bits per heavy atom. The van der Waals surface area contributed by atoms with E-state index in [1.807, 2.05) is 12.1 Å². The second-order valence-corrected chi connectivity index (χ2v) is 13.4. The number of pyridine rings is 2. The van der Waals surface area contributed by atoms with Crippen LogP contribution in [0, 0.1) is 0 Å². The highest BCUT2D eigenvalue weighted by molar-refractivity contribution is 5.95. The summed E-state index contributed by atoms with van der Waals surface area (Å²) in [6.45, 7) is 0. The zero-order valence-corrected chi connectivity index (χ0v) is 29.7. The number of rotatable bonds is 8. The van der Waals surface area contributed by atoms with Gasteiger partial charge in [-0.1, -0.05) is 182 Å². The molecule has 254 valence electrons. The van der Waals surface area contributed by atoms with E-state index >= 15 is 0 Å². The molecule has 2 nitrogen and oxygen atoms in total. The van der Waals surface area contributed by atoms with E-state index < -0.39 is 0 Å². The van der Waals surface area contributed by atoms with E-state index in [9.17, 15) is 0 Å². The van der Waals surface area contributed by atoms with E-state index in [0.717, 1.165) is 89.5 Å². The van der Waals surface area contributed by atoms with Gasteiger partial charge in [-0.15, -0.1) is 0 Å². The summed E-state index contributed by atoms with van der Waals surface area (Å²) in [4.78, 5) is 10.8. The smallest absolute Gasteiger partial charge is 0.0722 e. The lowest BCUT2D eigenvalue weighted by molar-refractivity contribution is 1.31. The minimum atomic E-state index is 0.911. The molecule has 0 saturated carbocycles. The van der Waals surface area contributed by atoms with Crippen LogP contribution in [0.4, 0.5) is 0 Å². The van der Waals surface area contributed by atoms with Crippen LogP contribution in [0.2, 0.25) is 0 Å². The third-order valence-electron chi connectivity index (χ3n) is 9.88. The number of nitrogens with zero attached hydrogens (tertiary/aromatic N) is 2. The van der Waals surface area contributed by atoms with Gasteiger partial charge in [0.1, 0.15) is 0 Å². The first kappa shape index (κ1) is 32.7. The number of benzene rings is 7. The van der Waals surface area contributed by atoms with Gasteiger partial charge in [0.25, 0.3) is 0 Å². The van der Waals surface area contributed by atoms with Crippen molar-refractivity contribution >= 4 is 0 Å². The van der Waals surface area contributed by atoms with Gasteiger partial charge in [0.2, 0.25) is 0 Å². The molecule has 0 aliphatic rings. The van der Waals surface area contributed by atoms with Crippen LogP contribution in [0.15, 0.2) is 218 Å². The summed E-state index contributed by atoms with van der Waals surface area (Å²) in [5.74, 6) is 0.